The molecule has 17 heavy (non-hydrogen) atoms. The third kappa shape index (κ3) is 3.78. The summed E-state index contributed by atoms with van der Waals surface area (Å²) >= 11 is 1.61. The molecule has 0 heterocycles. The molecule has 5 heteroatoms. The number of carboxylic acid groups (broad SMARTS) is 1. The fourth-order valence-corrected chi connectivity index (χ4v) is 1.78. The van der Waals surface area contributed by atoms with E-state index in [1.807, 2.05) is 18.4 Å². The highest BCUT2D eigenvalue weighted by atomic mass is 32.2. The van der Waals surface area contributed by atoms with Crippen LogP contribution in [0.3, 0.4) is 0 Å². The van der Waals surface area contributed by atoms with E-state index >= 15 is 0 Å². The monoisotopic (exact) mass is 253 g/mol. The van der Waals surface area contributed by atoms with Gasteiger partial charge in [0, 0.05) is 10.6 Å². The Balaban J connectivity index is 2.69. The van der Waals surface area contributed by atoms with Gasteiger partial charge in [-0.05, 0) is 36.9 Å². The second-order valence-electron chi connectivity index (χ2n) is 3.52. The first-order valence-corrected chi connectivity index (χ1v) is 6.48. The molecule has 0 aliphatic carbocycles. The number of carbonyl (C=O) groups is 2. The maximum atomic E-state index is 11.6. The van der Waals surface area contributed by atoms with Crippen molar-refractivity contribution in [3.63, 3.8) is 0 Å². The van der Waals surface area contributed by atoms with Gasteiger partial charge in [-0.2, -0.15) is 0 Å². The number of anilines is 1. The molecule has 4 nitrogen and oxygen atoms in total. The van der Waals surface area contributed by atoms with Gasteiger partial charge in [-0.3, -0.25) is 9.59 Å². The SMILES string of the molecule is CCC(C(=O)O)C(=O)Nc1ccc(SC)cc1. The van der Waals surface area contributed by atoms with E-state index in [9.17, 15) is 9.59 Å². The average molecular weight is 253 g/mol. The zero-order valence-corrected chi connectivity index (χ0v) is 10.6. The first kappa shape index (κ1) is 13.6. The summed E-state index contributed by atoms with van der Waals surface area (Å²) in [4.78, 5) is 23.5. The Bertz CT molecular complexity index is 403. The van der Waals surface area contributed by atoms with Gasteiger partial charge >= 0.3 is 5.97 Å². The fourth-order valence-electron chi connectivity index (χ4n) is 1.38. The molecule has 1 unspecified atom stereocenters. The summed E-state index contributed by atoms with van der Waals surface area (Å²) in [5, 5.41) is 11.4. The van der Waals surface area contributed by atoms with Crippen LogP contribution in [0.4, 0.5) is 5.69 Å². The number of rotatable bonds is 5. The molecule has 0 fully saturated rings. The lowest BCUT2D eigenvalue weighted by atomic mass is 10.1. The van der Waals surface area contributed by atoms with Crippen molar-refractivity contribution in [1.29, 1.82) is 0 Å². The van der Waals surface area contributed by atoms with Crippen molar-refractivity contribution in [3.8, 4) is 0 Å². The Hall–Kier alpha value is -1.49. The average Bonchev–Trinajstić information content (AvgIpc) is 2.30. The summed E-state index contributed by atoms with van der Waals surface area (Å²) in [7, 11) is 0. The van der Waals surface area contributed by atoms with Crippen LogP contribution in [0.5, 0.6) is 0 Å². The predicted molar refractivity (Wildman–Crippen MR) is 68.3 cm³/mol. The molecule has 0 aliphatic rings. The largest absolute Gasteiger partial charge is 0.481 e. The fraction of sp³-hybridized carbons (Fsp3) is 0.333. The summed E-state index contributed by atoms with van der Waals surface area (Å²) in [5.41, 5.74) is 0.618. The Kier molecular flexibility index (Phi) is 5.03. The van der Waals surface area contributed by atoms with Crippen molar-refractivity contribution >= 4 is 29.3 Å². The van der Waals surface area contributed by atoms with Crippen molar-refractivity contribution in [2.75, 3.05) is 11.6 Å². The van der Waals surface area contributed by atoms with Crippen LogP contribution < -0.4 is 5.32 Å². The van der Waals surface area contributed by atoms with Crippen molar-refractivity contribution in [2.45, 2.75) is 18.2 Å². The number of thioether (sulfide) groups is 1. The summed E-state index contributed by atoms with van der Waals surface area (Å²) in [6, 6.07) is 7.28. The van der Waals surface area contributed by atoms with Gasteiger partial charge in [-0.1, -0.05) is 6.92 Å². The molecule has 1 rings (SSSR count). The van der Waals surface area contributed by atoms with E-state index in [1.54, 1.807) is 30.8 Å². The van der Waals surface area contributed by atoms with E-state index in [0.717, 1.165) is 4.90 Å². The van der Waals surface area contributed by atoms with E-state index in [4.69, 9.17) is 5.11 Å². The standard InChI is InChI=1S/C12H15NO3S/c1-3-10(12(15)16)11(14)13-8-4-6-9(17-2)7-5-8/h4-7,10H,3H2,1-2H3,(H,13,14)(H,15,16). The minimum Gasteiger partial charge on any atom is -0.481 e. The zero-order chi connectivity index (χ0) is 12.8. The lowest BCUT2D eigenvalue weighted by molar-refractivity contribution is -0.145. The van der Waals surface area contributed by atoms with Crippen LogP contribution in [0.15, 0.2) is 29.2 Å². The van der Waals surface area contributed by atoms with Crippen LogP contribution in [-0.4, -0.2) is 23.2 Å². The molecule has 0 bridgehead atoms. The number of nitrogens with one attached hydrogen (secondary N) is 1. The summed E-state index contributed by atoms with van der Waals surface area (Å²) in [5.74, 6) is -2.56. The molecular weight excluding hydrogens is 238 g/mol. The molecule has 92 valence electrons. The lowest BCUT2D eigenvalue weighted by Crippen LogP contribution is -2.28. The molecule has 2 N–H and O–H groups in total. The van der Waals surface area contributed by atoms with Crippen LogP contribution in [0, 0.1) is 5.92 Å². The highest BCUT2D eigenvalue weighted by Gasteiger charge is 2.23. The van der Waals surface area contributed by atoms with Gasteiger partial charge in [-0.25, -0.2) is 0 Å². The highest BCUT2D eigenvalue weighted by molar-refractivity contribution is 7.98. The first-order valence-electron chi connectivity index (χ1n) is 5.26. The van der Waals surface area contributed by atoms with E-state index < -0.39 is 17.8 Å². The van der Waals surface area contributed by atoms with Gasteiger partial charge in [0.15, 0.2) is 0 Å². The van der Waals surface area contributed by atoms with Gasteiger partial charge in [0.05, 0.1) is 0 Å². The molecule has 1 amide bonds. The van der Waals surface area contributed by atoms with Crippen molar-refractivity contribution in [3.05, 3.63) is 24.3 Å². The Labute approximate surface area is 104 Å². The molecular formula is C12H15NO3S. The number of aliphatic carboxylic acids is 1. The molecule has 0 radical (unpaired) electrons. The first-order chi connectivity index (χ1) is 8.08. The lowest BCUT2D eigenvalue weighted by Gasteiger charge is -2.10. The van der Waals surface area contributed by atoms with Crippen LogP contribution in [-0.2, 0) is 9.59 Å². The topological polar surface area (TPSA) is 66.4 Å². The van der Waals surface area contributed by atoms with Gasteiger partial charge in [-0.15, -0.1) is 11.8 Å². The van der Waals surface area contributed by atoms with Crippen LogP contribution in [0.25, 0.3) is 0 Å². The zero-order valence-electron chi connectivity index (χ0n) is 9.77. The van der Waals surface area contributed by atoms with Gasteiger partial charge in [0.25, 0.3) is 0 Å². The quantitative estimate of drug-likeness (QED) is 0.625. The van der Waals surface area contributed by atoms with Crippen LogP contribution in [0.2, 0.25) is 0 Å². The summed E-state index contributed by atoms with van der Waals surface area (Å²) < 4.78 is 0. The second-order valence-corrected chi connectivity index (χ2v) is 4.40. The highest BCUT2D eigenvalue weighted by Crippen LogP contribution is 2.18. The molecule has 1 aromatic carbocycles. The van der Waals surface area contributed by atoms with E-state index in [0.29, 0.717) is 5.69 Å². The molecule has 0 spiro atoms. The van der Waals surface area contributed by atoms with E-state index in [-0.39, 0.29) is 6.42 Å². The predicted octanol–water partition coefficient (Wildman–Crippen LogP) is 2.46. The number of hydrogen-bond donors (Lipinski definition) is 2. The molecule has 0 saturated carbocycles. The summed E-state index contributed by atoms with van der Waals surface area (Å²) in [6.07, 6.45) is 2.25. The minimum atomic E-state index is -1.09. The van der Waals surface area contributed by atoms with Gasteiger partial charge in [0.1, 0.15) is 5.92 Å². The number of hydrogen-bond acceptors (Lipinski definition) is 3. The molecule has 1 aromatic rings. The minimum absolute atomic E-state index is 0.282. The Morgan fingerprint density at radius 2 is 1.94 bits per heavy atom. The number of carboxylic acids is 1. The molecule has 0 aromatic heterocycles. The van der Waals surface area contributed by atoms with Crippen LogP contribution >= 0.6 is 11.8 Å². The smallest absolute Gasteiger partial charge is 0.316 e. The maximum Gasteiger partial charge on any atom is 0.316 e. The Morgan fingerprint density at radius 3 is 2.35 bits per heavy atom. The number of carbonyl (C=O) groups excluding carboxylic acids is 1. The third-order valence-corrected chi connectivity index (χ3v) is 3.12. The number of amides is 1. The number of benzene rings is 1. The maximum absolute atomic E-state index is 11.6. The van der Waals surface area contributed by atoms with Crippen LogP contribution in [0.1, 0.15) is 13.3 Å². The van der Waals surface area contributed by atoms with Gasteiger partial charge < -0.3 is 10.4 Å². The van der Waals surface area contributed by atoms with Crippen molar-refractivity contribution < 1.29 is 14.7 Å². The normalized spacial score (nSPS) is 11.9. The summed E-state index contributed by atoms with van der Waals surface area (Å²) in [6.45, 7) is 1.68. The molecule has 0 aliphatic heterocycles. The van der Waals surface area contributed by atoms with Crippen molar-refractivity contribution in [2.24, 2.45) is 5.92 Å². The molecule has 1 atom stereocenters. The Morgan fingerprint density at radius 1 is 1.35 bits per heavy atom. The van der Waals surface area contributed by atoms with Gasteiger partial charge in [0.2, 0.25) is 5.91 Å². The van der Waals surface area contributed by atoms with E-state index in [2.05, 4.69) is 5.32 Å². The van der Waals surface area contributed by atoms with Crippen molar-refractivity contribution in [1.82, 2.24) is 0 Å². The second kappa shape index (κ2) is 6.30. The third-order valence-electron chi connectivity index (χ3n) is 2.38. The molecule has 0 saturated heterocycles. The van der Waals surface area contributed by atoms with E-state index in [1.165, 1.54) is 0 Å².